The lowest BCUT2D eigenvalue weighted by atomic mass is 10.1. The van der Waals surface area contributed by atoms with Crippen molar-refractivity contribution in [3.63, 3.8) is 0 Å². The maximum atomic E-state index is 6.14. The van der Waals surface area contributed by atoms with Crippen molar-refractivity contribution in [2.24, 2.45) is 0 Å². The zero-order valence-electron chi connectivity index (χ0n) is 8.35. The van der Waals surface area contributed by atoms with E-state index < -0.39 is 0 Å². The molecule has 3 heteroatoms. The number of rotatable bonds is 1. The van der Waals surface area contributed by atoms with Gasteiger partial charge in [0.15, 0.2) is 0 Å². The Morgan fingerprint density at radius 1 is 1.21 bits per heavy atom. The van der Waals surface area contributed by atoms with Crippen molar-refractivity contribution in [3.8, 4) is 0 Å². The van der Waals surface area contributed by atoms with Gasteiger partial charge in [-0.15, -0.1) is 0 Å². The summed E-state index contributed by atoms with van der Waals surface area (Å²) < 4.78 is 0. The maximum absolute atomic E-state index is 6.14. The first-order chi connectivity index (χ1) is 6.58. The highest BCUT2D eigenvalue weighted by Gasteiger charge is 2.25. The SMILES string of the molecule is CN(C)C1Cc2cc(Cl)cc(Cl)c2C1. The van der Waals surface area contributed by atoms with E-state index in [-0.39, 0.29) is 0 Å². The highest BCUT2D eigenvalue weighted by molar-refractivity contribution is 6.35. The van der Waals surface area contributed by atoms with E-state index >= 15 is 0 Å². The number of hydrogen-bond donors (Lipinski definition) is 0. The molecule has 0 saturated carbocycles. The molecule has 0 N–H and O–H groups in total. The Kier molecular flexibility index (Phi) is 2.74. The van der Waals surface area contributed by atoms with Gasteiger partial charge < -0.3 is 4.90 Å². The number of nitrogens with zero attached hydrogens (tertiary/aromatic N) is 1. The van der Waals surface area contributed by atoms with E-state index in [1.165, 1.54) is 11.1 Å². The third-order valence-corrected chi connectivity index (χ3v) is 3.43. The monoisotopic (exact) mass is 229 g/mol. The van der Waals surface area contributed by atoms with Gasteiger partial charge in [0, 0.05) is 16.1 Å². The van der Waals surface area contributed by atoms with Crippen LogP contribution in [0.5, 0.6) is 0 Å². The molecule has 1 atom stereocenters. The number of likely N-dealkylation sites (N-methyl/N-ethyl adjacent to an activating group) is 1. The zero-order valence-corrected chi connectivity index (χ0v) is 9.86. The summed E-state index contributed by atoms with van der Waals surface area (Å²) in [5, 5.41) is 1.56. The highest BCUT2D eigenvalue weighted by Crippen LogP contribution is 2.33. The van der Waals surface area contributed by atoms with Gasteiger partial charge in [0.1, 0.15) is 0 Å². The van der Waals surface area contributed by atoms with Crippen LogP contribution in [0.2, 0.25) is 10.0 Å². The largest absolute Gasteiger partial charge is 0.306 e. The average Bonchev–Trinajstić information content (AvgIpc) is 2.47. The molecule has 0 radical (unpaired) electrons. The van der Waals surface area contributed by atoms with Crippen LogP contribution in [-0.4, -0.2) is 25.0 Å². The first kappa shape index (κ1) is 10.3. The minimum absolute atomic E-state index is 0.570. The lowest BCUT2D eigenvalue weighted by molar-refractivity contribution is 0.303. The van der Waals surface area contributed by atoms with E-state index in [1.54, 1.807) is 0 Å². The fourth-order valence-electron chi connectivity index (χ4n) is 1.99. The molecule has 1 aliphatic carbocycles. The average molecular weight is 230 g/mol. The van der Waals surface area contributed by atoms with Crippen molar-refractivity contribution >= 4 is 23.2 Å². The van der Waals surface area contributed by atoms with E-state index in [2.05, 4.69) is 19.0 Å². The molecular formula is C11H13Cl2N. The Morgan fingerprint density at radius 2 is 1.93 bits per heavy atom. The van der Waals surface area contributed by atoms with Crippen LogP contribution in [0.4, 0.5) is 0 Å². The third kappa shape index (κ3) is 1.77. The summed E-state index contributed by atoms with van der Waals surface area (Å²) in [6.07, 6.45) is 2.10. The van der Waals surface area contributed by atoms with Crippen LogP contribution in [0.25, 0.3) is 0 Å². The molecule has 0 heterocycles. The number of halogens is 2. The van der Waals surface area contributed by atoms with Gasteiger partial charge in [0.2, 0.25) is 0 Å². The van der Waals surface area contributed by atoms with Crippen LogP contribution in [0.1, 0.15) is 11.1 Å². The Bertz CT molecular complexity index is 361. The first-order valence-electron chi connectivity index (χ1n) is 4.71. The maximum Gasteiger partial charge on any atom is 0.0456 e. The summed E-state index contributed by atoms with van der Waals surface area (Å²) in [5.41, 5.74) is 2.58. The van der Waals surface area contributed by atoms with E-state index in [1.807, 2.05) is 12.1 Å². The first-order valence-corrected chi connectivity index (χ1v) is 5.46. The lowest BCUT2D eigenvalue weighted by Crippen LogP contribution is -2.28. The summed E-state index contributed by atoms with van der Waals surface area (Å²) in [7, 11) is 4.21. The molecule has 76 valence electrons. The van der Waals surface area contributed by atoms with Crippen LogP contribution >= 0.6 is 23.2 Å². The molecule has 0 spiro atoms. The van der Waals surface area contributed by atoms with Gasteiger partial charge >= 0.3 is 0 Å². The van der Waals surface area contributed by atoms with E-state index in [4.69, 9.17) is 23.2 Å². The number of fused-ring (bicyclic) bond motifs is 1. The molecule has 0 bridgehead atoms. The summed E-state index contributed by atoms with van der Waals surface area (Å²) in [4.78, 5) is 2.24. The van der Waals surface area contributed by atoms with Crippen LogP contribution < -0.4 is 0 Å². The standard InChI is InChI=1S/C11H13Cl2N/c1-14(2)9-4-7-3-8(12)5-11(13)10(7)6-9/h3,5,9H,4,6H2,1-2H3. The predicted octanol–water partition coefficient (Wildman–Crippen LogP) is 3.02. The highest BCUT2D eigenvalue weighted by atomic mass is 35.5. The molecule has 1 aliphatic rings. The molecule has 1 unspecified atom stereocenters. The molecule has 0 aromatic heterocycles. The van der Waals surface area contributed by atoms with Crippen molar-refractivity contribution in [2.45, 2.75) is 18.9 Å². The normalized spacial score (nSPS) is 20.2. The zero-order chi connectivity index (χ0) is 10.3. The van der Waals surface area contributed by atoms with Crippen molar-refractivity contribution in [1.29, 1.82) is 0 Å². The van der Waals surface area contributed by atoms with E-state index in [0.717, 1.165) is 22.9 Å². The molecule has 1 nitrogen and oxygen atoms in total. The third-order valence-electron chi connectivity index (χ3n) is 2.88. The minimum atomic E-state index is 0.570. The lowest BCUT2D eigenvalue weighted by Gasteiger charge is -2.17. The van der Waals surface area contributed by atoms with Gasteiger partial charge in [-0.2, -0.15) is 0 Å². The van der Waals surface area contributed by atoms with Gasteiger partial charge in [0.25, 0.3) is 0 Å². The molecular weight excluding hydrogens is 217 g/mol. The summed E-state index contributed by atoms with van der Waals surface area (Å²) in [6.45, 7) is 0. The predicted molar refractivity (Wildman–Crippen MR) is 61.3 cm³/mol. The molecule has 1 aromatic carbocycles. The van der Waals surface area contributed by atoms with Crippen molar-refractivity contribution < 1.29 is 0 Å². The second kappa shape index (κ2) is 3.73. The van der Waals surface area contributed by atoms with E-state index in [0.29, 0.717) is 6.04 Å². The molecule has 0 fully saturated rings. The van der Waals surface area contributed by atoms with Crippen molar-refractivity contribution in [2.75, 3.05) is 14.1 Å². The molecule has 14 heavy (non-hydrogen) atoms. The summed E-state index contributed by atoms with van der Waals surface area (Å²) in [6, 6.07) is 4.44. The Morgan fingerprint density at radius 3 is 2.57 bits per heavy atom. The van der Waals surface area contributed by atoms with Crippen LogP contribution in [-0.2, 0) is 12.8 Å². The fraction of sp³-hybridized carbons (Fsp3) is 0.455. The van der Waals surface area contributed by atoms with Crippen LogP contribution in [0.15, 0.2) is 12.1 Å². The molecule has 0 saturated heterocycles. The van der Waals surface area contributed by atoms with Crippen LogP contribution in [0, 0.1) is 0 Å². The fourth-order valence-corrected chi connectivity index (χ4v) is 2.61. The summed E-state index contributed by atoms with van der Waals surface area (Å²) >= 11 is 12.1. The molecule has 1 aromatic rings. The smallest absolute Gasteiger partial charge is 0.0456 e. The van der Waals surface area contributed by atoms with Gasteiger partial charge in [0.05, 0.1) is 0 Å². The molecule has 2 rings (SSSR count). The van der Waals surface area contributed by atoms with Crippen molar-refractivity contribution in [1.82, 2.24) is 4.90 Å². The molecule has 0 amide bonds. The van der Waals surface area contributed by atoms with Gasteiger partial charge in [-0.25, -0.2) is 0 Å². The van der Waals surface area contributed by atoms with Crippen molar-refractivity contribution in [3.05, 3.63) is 33.3 Å². The van der Waals surface area contributed by atoms with Gasteiger partial charge in [-0.1, -0.05) is 23.2 Å². The Labute approximate surface area is 94.6 Å². The number of benzene rings is 1. The second-order valence-electron chi connectivity index (χ2n) is 4.05. The van der Waals surface area contributed by atoms with Gasteiger partial charge in [-0.3, -0.25) is 0 Å². The van der Waals surface area contributed by atoms with Gasteiger partial charge in [-0.05, 0) is 50.2 Å². The minimum Gasteiger partial charge on any atom is -0.306 e. The Hall–Kier alpha value is -0.240. The quantitative estimate of drug-likeness (QED) is 0.716. The Balaban J connectivity index is 2.35. The molecule has 0 aliphatic heterocycles. The second-order valence-corrected chi connectivity index (χ2v) is 4.89. The number of hydrogen-bond acceptors (Lipinski definition) is 1. The van der Waals surface area contributed by atoms with Crippen LogP contribution in [0.3, 0.4) is 0 Å². The topological polar surface area (TPSA) is 3.24 Å². The summed E-state index contributed by atoms with van der Waals surface area (Å²) in [5.74, 6) is 0. The van der Waals surface area contributed by atoms with E-state index in [9.17, 15) is 0 Å².